The van der Waals surface area contributed by atoms with Crippen molar-refractivity contribution in [3.63, 3.8) is 0 Å². The first-order valence-corrected chi connectivity index (χ1v) is 43.6. The fourth-order valence-corrected chi connectivity index (χ4v) is 19.5. The molecule has 16 aromatic carbocycles. The van der Waals surface area contributed by atoms with Crippen molar-refractivity contribution in [2.24, 2.45) is 0 Å². The van der Waals surface area contributed by atoms with Crippen LogP contribution in [0.1, 0.15) is 71.2 Å². The fraction of sp³-hybridized carbons (Fsp3) is 0.0783. The van der Waals surface area contributed by atoms with Crippen molar-refractivity contribution in [2.45, 2.75) is 59.8 Å². The van der Waals surface area contributed by atoms with E-state index in [1.54, 1.807) is 0 Å². The minimum absolute atomic E-state index is 0. The average Bonchev–Trinajstić information content (AvgIpc) is 1.57. The number of aromatic amines is 1. The van der Waals surface area contributed by atoms with Crippen LogP contribution in [0.2, 0.25) is 15.3 Å². The van der Waals surface area contributed by atoms with Crippen LogP contribution in [0.15, 0.2) is 376 Å². The van der Waals surface area contributed by atoms with Crippen LogP contribution in [-0.2, 0) is 10.8 Å². The molecule has 6 aromatic heterocycles. The van der Waals surface area contributed by atoms with Crippen LogP contribution in [0, 0.1) is 11.8 Å². The third kappa shape index (κ3) is 14.9. The summed E-state index contributed by atoms with van der Waals surface area (Å²) in [5.74, 6) is 5.97. The Bertz CT molecular complexity index is 8140. The molecule has 0 bridgehead atoms. The summed E-state index contributed by atoms with van der Waals surface area (Å²) in [6.45, 7) is 13.0. The lowest BCUT2D eigenvalue weighted by atomic mass is 9.81. The van der Waals surface area contributed by atoms with E-state index >= 15 is 0 Å². The second kappa shape index (κ2) is 34.4. The van der Waals surface area contributed by atoms with E-state index in [0.29, 0.717) is 16.0 Å². The Morgan fingerprint density at radius 3 is 1.05 bits per heavy atom. The molecule has 24 rings (SSSR count). The lowest BCUT2D eigenvalue weighted by Gasteiger charge is -2.22. The van der Waals surface area contributed by atoms with Crippen molar-refractivity contribution < 1.29 is 0 Å². The molecule has 2 aliphatic carbocycles. The zero-order valence-electron chi connectivity index (χ0n) is 70.7. The molecule has 0 saturated heterocycles. The van der Waals surface area contributed by atoms with Crippen molar-refractivity contribution in [1.29, 1.82) is 0 Å². The molecule has 6 heterocycles. The summed E-state index contributed by atoms with van der Waals surface area (Å²) in [6, 6.07) is 133. The molecule has 0 spiro atoms. The Hall–Kier alpha value is -14.6. The van der Waals surface area contributed by atoms with E-state index in [1.807, 2.05) is 123 Å². The van der Waals surface area contributed by atoms with Crippen LogP contribution >= 0.6 is 34.8 Å². The Labute approximate surface area is 762 Å². The Morgan fingerprint density at radius 2 is 0.602 bits per heavy atom. The van der Waals surface area contributed by atoms with Crippen LogP contribution < -0.4 is 0 Å². The topological polar surface area (TPSA) is 82.1 Å². The highest BCUT2D eigenvalue weighted by Gasteiger charge is 2.37. The molecular formula is C115H85B2Cl3N8. The molecule has 0 atom stereocenters. The molecule has 4 radical (unpaired) electrons. The molecule has 8 nitrogen and oxygen atoms in total. The van der Waals surface area contributed by atoms with Crippen molar-refractivity contribution >= 4 is 138 Å². The highest BCUT2D eigenvalue weighted by molar-refractivity contribution is 6.75. The summed E-state index contributed by atoms with van der Waals surface area (Å²) < 4.78 is 7.07. The van der Waals surface area contributed by atoms with Gasteiger partial charge in [-0.3, -0.25) is 4.57 Å². The lowest BCUT2D eigenvalue weighted by molar-refractivity contribution is 0.660. The summed E-state index contributed by atoms with van der Waals surface area (Å²) in [7, 11) is 8.00. The van der Waals surface area contributed by atoms with E-state index in [2.05, 4.69) is 351 Å². The second-order valence-corrected chi connectivity index (χ2v) is 34.3. The predicted octanol–water partition coefficient (Wildman–Crippen LogP) is 31.0. The number of nitrogens with one attached hydrogen (secondary N) is 1. The van der Waals surface area contributed by atoms with Crippen molar-refractivity contribution in [1.82, 2.24) is 38.6 Å². The van der Waals surface area contributed by atoms with Gasteiger partial charge < -0.3 is 14.1 Å². The van der Waals surface area contributed by atoms with Crippen LogP contribution in [0.4, 0.5) is 0 Å². The minimum Gasteiger partial charge on any atom is -0.355 e. The molecule has 0 saturated carbocycles. The van der Waals surface area contributed by atoms with E-state index < -0.39 is 0 Å². The van der Waals surface area contributed by atoms with Crippen LogP contribution in [-0.4, -0.2) is 54.1 Å². The molecule has 22 aromatic rings. The first kappa shape index (κ1) is 83.0. The molecule has 1 N–H and O–H groups in total. The summed E-state index contributed by atoms with van der Waals surface area (Å²) in [4.78, 5) is 22.5. The molecule has 0 unspecified atom stereocenters. The molecule has 0 amide bonds. The van der Waals surface area contributed by atoms with Gasteiger partial charge in [0.1, 0.15) is 0 Å². The number of benzene rings is 16. The molecule has 2 aliphatic rings. The normalized spacial score (nSPS) is 12.3. The summed E-state index contributed by atoms with van der Waals surface area (Å²) in [6.07, 6.45) is 0. The van der Waals surface area contributed by atoms with Crippen LogP contribution in [0.25, 0.3) is 194 Å². The zero-order valence-corrected chi connectivity index (χ0v) is 73.0. The second-order valence-electron chi connectivity index (χ2n) is 33.1. The molecular weight excluding hydrogens is 1620 g/mol. The quantitative estimate of drug-likeness (QED) is 0.0887. The van der Waals surface area contributed by atoms with Crippen molar-refractivity contribution in [2.75, 3.05) is 0 Å². The zero-order chi connectivity index (χ0) is 86.8. The number of rotatable bonds is 9. The molecule has 0 fully saturated rings. The van der Waals surface area contributed by atoms with Gasteiger partial charge in [-0.25, -0.2) is 19.9 Å². The molecule has 128 heavy (non-hydrogen) atoms. The van der Waals surface area contributed by atoms with Crippen LogP contribution in [0.3, 0.4) is 0 Å². The summed E-state index contributed by atoms with van der Waals surface area (Å²) >= 11 is 18.5. The Kier molecular flexibility index (Phi) is 22.3. The summed E-state index contributed by atoms with van der Waals surface area (Å²) in [5, 5.41) is 11.4. The number of para-hydroxylation sites is 4. The van der Waals surface area contributed by atoms with E-state index in [0.717, 1.165) is 72.4 Å². The van der Waals surface area contributed by atoms with E-state index in [-0.39, 0.29) is 23.5 Å². The van der Waals surface area contributed by atoms with E-state index in [1.165, 1.54) is 138 Å². The van der Waals surface area contributed by atoms with Gasteiger partial charge in [-0.05, 0) is 226 Å². The highest BCUT2D eigenvalue weighted by Crippen LogP contribution is 2.52. The third-order valence-corrected chi connectivity index (χ3v) is 25.7. The van der Waals surface area contributed by atoms with Gasteiger partial charge in [-0.15, -0.1) is 11.8 Å². The van der Waals surface area contributed by atoms with Gasteiger partial charge in [0.25, 0.3) is 0 Å². The van der Waals surface area contributed by atoms with Crippen LogP contribution in [0.5, 0.6) is 0 Å². The van der Waals surface area contributed by atoms with Gasteiger partial charge >= 0.3 is 0 Å². The number of H-pyrrole nitrogens is 1. The van der Waals surface area contributed by atoms with Gasteiger partial charge in [0, 0.05) is 124 Å². The largest absolute Gasteiger partial charge is 0.355 e. The maximum absolute atomic E-state index is 6.49. The smallest absolute Gasteiger partial charge is 0.235 e. The lowest BCUT2D eigenvalue weighted by Crippen LogP contribution is -2.15. The third-order valence-electron chi connectivity index (χ3n) is 25.1. The average molecular weight is 1710 g/mol. The number of fused-ring (bicyclic) bond motifs is 18. The number of halogens is 3. The monoisotopic (exact) mass is 1700 g/mol. The highest BCUT2D eigenvalue weighted by atomic mass is 35.5. The fourth-order valence-electron chi connectivity index (χ4n) is 19.0. The van der Waals surface area contributed by atoms with Gasteiger partial charge in [-0.1, -0.05) is 301 Å². The van der Waals surface area contributed by atoms with Gasteiger partial charge in [0.2, 0.25) is 11.2 Å². The van der Waals surface area contributed by atoms with Gasteiger partial charge in [0.05, 0.1) is 55.9 Å². The first-order valence-electron chi connectivity index (χ1n) is 42.5. The Morgan fingerprint density at radius 1 is 0.266 bits per heavy atom. The van der Waals surface area contributed by atoms with Crippen molar-refractivity contribution in [3.8, 4) is 119 Å². The maximum Gasteiger partial charge on any atom is 0.235 e. The molecule has 13 heteroatoms. The van der Waals surface area contributed by atoms with E-state index in [4.69, 9.17) is 44.8 Å². The first-order chi connectivity index (χ1) is 62.1. The van der Waals surface area contributed by atoms with Crippen molar-refractivity contribution in [3.05, 3.63) is 414 Å². The number of hydrogen-bond donors (Lipinski definition) is 1. The number of hydrogen-bond acceptors (Lipinski definition) is 4. The predicted molar refractivity (Wildman–Crippen MR) is 543 cm³/mol. The number of nitrogens with zero attached hydrogens (tertiary/aromatic N) is 7. The number of aromatic nitrogens is 8. The van der Waals surface area contributed by atoms with E-state index in [9.17, 15) is 0 Å². The van der Waals surface area contributed by atoms with Gasteiger partial charge in [0.15, 0.2) is 0 Å². The summed E-state index contributed by atoms with van der Waals surface area (Å²) in [5.41, 5.74) is 34.4. The maximum atomic E-state index is 6.49. The van der Waals surface area contributed by atoms with Gasteiger partial charge in [-0.2, -0.15) is 0 Å². The Balaban J connectivity index is 0.000000135. The molecule has 612 valence electrons. The standard InChI is InChI=1S/C55H37ClN4.C39H28N2.C16H10Cl2N2.C4H6.CH4.B2/c1-55(2)46-20-9-6-17-40(46)41-26-25-39(32-47(41)55)59-50-21-10-7-18-42(50)44-30-35(23-27-52(44)59)36-24-28-53-45(31-36)43-19-8-11-22-51(43)60(53)54-57-48(34-13-4-3-5-14-34)33-49(58-54)37-15-12-16-38(56)29-37;1-39(2)33-12-6-3-9-27(33)28-18-17-26(23-34(28)39)41-37-14-8-5-11-30(37)32-22-25(16-20-38(32)41)24-15-19-36-31(21-24)29-10-4-7-13-35(29)40-36;17-13-8-4-7-12(9-13)15-10-14(19-16(18)20-15)11-5-2-1-3-6-11;1-3-4-2;;1-2/h3-33H,1-2H3;3-23,40H,1-2H3;1-10H;1-2H3;1H4;. The minimum atomic E-state index is -0.0784. The SMILES string of the molecule is C.CC#CC.CC1(C)c2ccccc2-c2ccc(-n3c4ccccc4c4cc(-c5ccc6[nH]c7ccccc7c6c5)ccc43)cc21.CC1(C)c2ccccc2-c2ccc(-n3c4ccccc4c4cc(-c5ccc6c(c5)c5ccccc5n6-c5nc(-c6ccccc6)cc(-c6cccc(Cl)c6)n5)ccc43)cc21.Clc1cccc(-c2cc(-c3ccccc3)nc(Cl)n2)c1.[B][B]. The molecule has 0 aliphatic heterocycles.